The molecule has 2 aromatic rings. The van der Waals surface area contributed by atoms with Crippen molar-refractivity contribution in [2.45, 2.75) is 26.7 Å². The Bertz CT molecular complexity index is 798. The zero-order valence-electron chi connectivity index (χ0n) is 16.4. The second kappa shape index (κ2) is 8.77. The Kier molecular flexibility index (Phi) is 6.40. The van der Waals surface area contributed by atoms with Gasteiger partial charge in [-0.25, -0.2) is 0 Å². The highest BCUT2D eigenvalue weighted by Crippen LogP contribution is 2.27. The normalized spacial score (nSPS) is 15.2. The van der Waals surface area contributed by atoms with Crippen LogP contribution in [0.4, 0.5) is 11.4 Å². The molecule has 1 fully saturated rings. The zero-order chi connectivity index (χ0) is 19.4. The Labute approximate surface area is 167 Å². The van der Waals surface area contributed by atoms with Crippen molar-refractivity contribution in [1.29, 1.82) is 0 Å². The predicted molar refractivity (Wildman–Crippen MR) is 113 cm³/mol. The van der Waals surface area contributed by atoms with E-state index in [1.807, 2.05) is 18.2 Å². The number of benzene rings is 2. The third kappa shape index (κ3) is 5.02. The molecule has 0 aromatic heterocycles. The lowest BCUT2D eigenvalue weighted by atomic mass is 9.98. The summed E-state index contributed by atoms with van der Waals surface area (Å²) in [5.74, 6) is 0.478. The second-order valence-corrected chi connectivity index (χ2v) is 8.07. The minimum atomic E-state index is 0.0948. The average molecular weight is 387 g/mol. The molecule has 5 heteroatoms. The van der Waals surface area contributed by atoms with E-state index in [1.165, 1.54) is 10.5 Å². The molecule has 2 N–H and O–H groups in total. The molecule has 0 aliphatic carbocycles. The van der Waals surface area contributed by atoms with Gasteiger partial charge >= 0.3 is 0 Å². The first-order valence-electron chi connectivity index (χ1n) is 9.67. The van der Waals surface area contributed by atoms with Crippen molar-refractivity contribution in [3.63, 3.8) is 0 Å². The van der Waals surface area contributed by atoms with E-state index < -0.39 is 0 Å². The first-order chi connectivity index (χ1) is 12.9. The van der Waals surface area contributed by atoms with Crippen LogP contribution < -0.4 is 15.1 Å². The number of amides is 1. The van der Waals surface area contributed by atoms with Gasteiger partial charge < -0.3 is 15.1 Å². The summed E-state index contributed by atoms with van der Waals surface area (Å²) in [6, 6.07) is 14.2. The fourth-order valence-corrected chi connectivity index (χ4v) is 3.87. The largest absolute Gasteiger partial charge is 0.360 e. The molecule has 0 bridgehead atoms. The molecular weight excluding hydrogens is 358 g/mol. The summed E-state index contributed by atoms with van der Waals surface area (Å²) < 4.78 is 0. The molecule has 27 heavy (non-hydrogen) atoms. The van der Waals surface area contributed by atoms with Crippen LogP contribution in [0.15, 0.2) is 42.5 Å². The highest BCUT2D eigenvalue weighted by atomic mass is 35.5. The minimum absolute atomic E-state index is 0.0948. The number of nitrogens with one attached hydrogen (secondary N) is 2. The number of nitrogens with zero attached hydrogens (tertiary/aromatic N) is 1. The molecule has 0 unspecified atom stereocenters. The maximum atomic E-state index is 12.6. The third-order valence-electron chi connectivity index (χ3n) is 5.25. The van der Waals surface area contributed by atoms with Crippen LogP contribution in [-0.4, -0.2) is 38.6 Å². The van der Waals surface area contributed by atoms with E-state index in [4.69, 9.17) is 11.6 Å². The SMILES string of the molecule is Cc1cccc(C(C)C)c1NC(=O)C[NH+]1CCN(c2cccc(Cl)c2)CC1. The number of piperazine rings is 1. The first kappa shape index (κ1) is 19.7. The van der Waals surface area contributed by atoms with Crippen LogP contribution in [0.3, 0.4) is 0 Å². The zero-order valence-corrected chi connectivity index (χ0v) is 17.1. The molecule has 0 saturated carbocycles. The molecule has 144 valence electrons. The first-order valence-corrected chi connectivity index (χ1v) is 10.1. The summed E-state index contributed by atoms with van der Waals surface area (Å²) in [6.45, 7) is 10.6. The fraction of sp³-hybridized carbons (Fsp3) is 0.409. The smallest absolute Gasteiger partial charge is 0.279 e. The number of carbonyl (C=O) groups excluding carboxylic acids is 1. The maximum absolute atomic E-state index is 12.6. The lowest BCUT2D eigenvalue weighted by Gasteiger charge is -2.33. The number of quaternary nitrogens is 1. The molecule has 2 aromatic carbocycles. The number of carbonyl (C=O) groups is 1. The van der Waals surface area contributed by atoms with Crippen LogP contribution in [-0.2, 0) is 4.79 Å². The topological polar surface area (TPSA) is 36.8 Å². The van der Waals surface area contributed by atoms with Crippen molar-refractivity contribution < 1.29 is 9.69 Å². The van der Waals surface area contributed by atoms with Gasteiger partial charge in [-0.3, -0.25) is 4.79 Å². The van der Waals surface area contributed by atoms with E-state index in [2.05, 4.69) is 55.3 Å². The Morgan fingerprint density at radius 1 is 1.19 bits per heavy atom. The van der Waals surface area contributed by atoms with Gasteiger partial charge in [-0.2, -0.15) is 0 Å². The van der Waals surface area contributed by atoms with Crippen molar-refractivity contribution in [1.82, 2.24) is 0 Å². The van der Waals surface area contributed by atoms with E-state index >= 15 is 0 Å². The number of anilines is 2. The highest BCUT2D eigenvalue weighted by Gasteiger charge is 2.23. The maximum Gasteiger partial charge on any atom is 0.279 e. The molecule has 1 aliphatic heterocycles. The van der Waals surface area contributed by atoms with E-state index in [0.717, 1.165) is 48.1 Å². The van der Waals surface area contributed by atoms with Gasteiger partial charge in [0.25, 0.3) is 5.91 Å². The van der Waals surface area contributed by atoms with Gasteiger partial charge in [-0.1, -0.05) is 49.7 Å². The van der Waals surface area contributed by atoms with Crippen molar-refractivity contribution >= 4 is 28.9 Å². The molecule has 1 aliphatic rings. The highest BCUT2D eigenvalue weighted by molar-refractivity contribution is 6.30. The molecular formula is C22H29ClN3O+. The summed E-state index contributed by atoms with van der Waals surface area (Å²) in [4.78, 5) is 16.3. The number of hydrogen-bond donors (Lipinski definition) is 2. The molecule has 4 nitrogen and oxygen atoms in total. The second-order valence-electron chi connectivity index (χ2n) is 7.64. The van der Waals surface area contributed by atoms with Crippen molar-refractivity contribution in [3.05, 3.63) is 58.6 Å². The lowest BCUT2D eigenvalue weighted by molar-refractivity contribution is -0.892. The Balaban J connectivity index is 1.56. The molecule has 0 spiro atoms. The Morgan fingerprint density at radius 3 is 2.56 bits per heavy atom. The van der Waals surface area contributed by atoms with E-state index in [1.54, 1.807) is 0 Å². The summed E-state index contributed by atoms with van der Waals surface area (Å²) in [5.41, 5.74) is 4.46. The fourth-order valence-electron chi connectivity index (χ4n) is 3.68. The van der Waals surface area contributed by atoms with Crippen LogP contribution in [0.5, 0.6) is 0 Å². The van der Waals surface area contributed by atoms with Gasteiger partial charge in [0.15, 0.2) is 6.54 Å². The van der Waals surface area contributed by atoms with Crippen LogP contribution in [0.1, 0.15) is 30.9 Å². The van der Waals surface area contributed by atoms with Crippen molar-refractivity contribution in [2.75, 3.05) is 42.9 Å². The van der Waals surface area contributed by atoms with Gasteiger partial charge in [0, 0.05) is 16.4 Å². The molecule has 0 radical (unpaired) electrons. The quantitative estimate of drug-likeness (QED) is 0.828. The number of hydrogen-bond acceptors (Lipinski definition) is 2. The number of halogens is 1. The van der Waals surface area contributed by atoms with Crippen LogP contribution in [0.2, 0.25) is 5.02 Å². The standard InChI is InChI=1S/C22H28ClN3O/c1-16(2)20-9-4-6-17(3)22(20)24-21(27)15-25-10-12-26(13-11-25)19-8-5-7-18(23)14-19/h4-9,14,16H,10-13,15H2,1-3H3,(H,24,27)/p+1. The number of aryl methyl sites for hydroxylation is 1. The molecule has 1 heterocycles. The van der Waals surface area contributed by atoms with Crippen molar-refractivity contribution in [2.24, 2.45) is 0 Å². The number of para-hydroxylation sites is 1. The Hall–Kier alpha value is -2.04. The van der Waals surface area contributed by atoms with Gasteiger partial charge in [0.05, 0.1) is 26.2 Å². The van der Waals surface area contributed by atoms with Gasteiger partial charge in [-0.15, -0.1) is 0 Å². The van der Waals surface area contributed by atoms with E-state index in [-0.39, 0.29) is 5.91 Å². The van der Waals surface area contributed by atoms with E-state index in [9.17, 15) is 4.79 Å². The van der Waals surface area contributed by atoms with Gasteiger partial charge in [0.2, 0.25) is 0 Å². The van der Waals surface area contributed by atoms with Gasteiger partial charge in [0.1, 0.15) is 0 Å². The monoisotopic (exact) mass is 386 g/mol. The van der Waals surface area contributed by atoms with Crippen molar-refractivity contribution in [3.8, 4) is 0 Å². The lowest BCUT2D eigenvalue weighted by Crippen LogP contribution is -3.15. The van der Waals surface area contributed by atoms with Crippen LogP contribution in [0.25, 0.3) is 0 Å². The summed E-state index contributed by atoms with van der Waals surface area (Å²) in [5, 5.41) is 3.93. The number of rotatable bonds is 5. The average Bonchev–Trinajstić information content (AvgIpc) is 2.64. The molecule has 0 atom stereocenters. The van der Waals surface area contributed by atoms with Gasteiger partial charge in [-0.05, 0) is 42.2 Å². The van der Waals surface area contributed by atoms with Crippen LogP contribution >= 0.6 is 11.6 Å². The summed E-state index contributed by atoms with van der Waals surface area (Å²) in [7, 11) is 0. The summed E-state index contributed by atoms with van der Waals surface area (Å²) in [6.07, 6.45) is 0. The molecule has 1 saturated heterocycles. The van der Waals surface area contributed by atoms with E-state index in [0.29, 0.717) is 12.5 Å². The molecule has 3 rings (SSSR count). The third-order valence-corrected chi connectivity index (χ3v) is 5.48. The Morgan fingerprint density at radius 2 is 1.89 bits per heavy atom. The van der Waals surface area contributed by atoms with Crippen LogP contribution in [0, 0.1) is 6.92 Å². The minimum Gasteiger partial charge on any atom is -0.360 e. The summed E-state index contributed by atoms with van der Waals surface area (Å²) >= 11 is 6.10. The predicted octanol–water partition coefficient (Wildman–Crippen LogP) is 3.12. The molecule has 1 amide bonds.